The molecule has 0 aliphatic carbocycles. The van der Waals surface area contributed by atoms with Crippen molar-refractivity contribution in [2.75, 3.05) is 39.6 Å². The molecule has 0 saturated heterocycles. The van der Waals surface area contributed by atoms with Crippen molar-refractivity contribution in [3.8, 4) is 0 Å². The van der Waals surface area contributed by atoms with Gasteiger partial charge in [0.15, 0.2) is 12.2 Å². The van der Waals surface area contributed by atoms with Crippen molar-refractivity contribution in [2.24, 2.45) is 23.7 Å². The molecule has 0 aliphatic heterocycles. The molecule has 0 rings (SSSR count). The Morgan fingerprint density at radius 1 is 0.278 bits per heavy atom. The minimum Gasteiger partial charge on any atom is -0.462 e. The van der Waals surface area contributed by atoms with E-state index in [2.05, 4.69) is 55.4 Å². The molecule has 17 nitrogen and oxygen atoms in total. The van der Waals surface area contributed by atoms with Gasteiger partial charge in [-0.25, -0.2) is 9.13 Å². The molecule has 0 amide bonds. The third-order valence-electron chi connectivity index (χ3n) is 16.3. The Morgan fingerprint density at radius 2 is 0.467 bits per heavy atom. The van der Waals surface area contributed by atoms with Gasteiger partial charge in [0.25, 0.3) is 0 Å². The third-order valence-corrected chi connectivity index (χ3v) is 18.2. The number of hydrogen-bond acceptors (Lipinski definition) is 15. The number of aliphatic hydroxyl groups is 1. The van der Waals surface area contributed by atoms with Crippen LogP contribution in [0.5, 0.6) is 0 Å². The quantitative estimate of drug-likeness (QED) is 0.0222. The average molecular weight is 1330 g/mol. The van der Waals surface area contributed by atoms with Crippen LogP contribution in [0.1, 0.15) is 351 Å². The van der Waals surface area contributed by atoms with Crippen molar-refractivity contribution in [1.29, 1.82) is 0 Å². The summed E-state index contributed by atoms with van der Waals surface area (Å²) in [5, 5.41) is 10.6. The lowest BCUT2D eigenvalue weighted by Gasteiger charge is -2.21. The van der Waals surface area contributed by atoms with Gasteiger partial charge in [-0.05, 0) is 49.4 Å². The lowest BCUT2D eigenvalue weighted by Crippen LogP contribution is -2.30. The summed E-state index contributed by atoms with van der Waals surface area (Å²) in [6.07, 6.45) is 43.3. The maximum absolute atomic E-state index is 13.0. The van der Waals surface area contributed by atoms with Crippen molar-refractivity contribution in [2.45, 2.75) is 369 Å². The number of unbranched alkanes of at least 4 members (excludes halogenated alkanes) is 34. The molecule has 0 aromatic carbocycles. The minimum absolute atomic E-state index is 0.101. The van der Waals surface area contributed by atoms with E-state index >= 15 is 0 Å². The van der Waals surface area contributed by atoms with Crippen LogP contribution < -0.4 is 0 Å². The number of ether oxygens (including phenoxy) is 4. The standard InChI is InChI=1S/C71H138O17P2/c1-61(2)47-39-31-23-18-14-10-9-11-17-21-27-37-45-53-70(75)87-66(57-81-68(73)51-43-35-26-20-16-13-12-15-19-24-32-40-48-62(3)4)59-85-89(77,78)83-55-65(72)56-84-90(79,80)86-60-67(88-71(76)54-46-38-30-29-34-42-50-64(7)8)58-82-69(74)52-44-36-28-22-25-33-41-49-63(5)6/h61-67,72H,9-60H2,1-8H3,(H,77,78)(H,79,80)/t65?,66-,67-/m1/s1. The highest BCUT2D eigenvalue weighted by molar-refractivity contribution is 7.47. The number of aliphatic hydroxyl groups excluding tert-OH is 1. The van der Waals surface area contributed by atoms with E-state index in [-0.39, 0.29) is 25.7 Å². The highest BCUT2D eigenvalue weighted by Gasteiger charge is 2.30. The van der Waals surface area contributed by atoms with Gasteiger partial charge in [0.05, 0.1) is 26.4 Å². The fourth-order valence-corrected chi connectivity index (χ4v) is 12.2. The van der Waals surface area contributed by atoms with Gasteiger partial charge in [0.2, 0.25) is 0 Å². The van der Waals surface area contributed by atoms with E-state index in [0.717, 1.165) is 108 Å². The molecule has 3 N–H and O–H groups in total. The van der Waals surface area contributed by atoms with Crippen LogP contribution in [-0.2, 0) is 65.4 Å². The van der Waals surface area contributed by atoms with E-state index in [1.807, 2.05) is 0 Å². The summed E-state index contributed by atoms with van der Waals surface area (Å²) in [5.74, 6) is 0.810. The lowest BCUT2D eigenvalue weighted by molar-refractivity contribution is -0.161. The highest BCUT2D eigenvalue weighted by Crippen LogP contribution is 2.45. The Balaban J connectivity index is 5.23. The molecule has 0 aromatic rings. The van der Waals surface area contributed by atoms with Gasteiger partial charge in [0, 0.05) is 25.7 Å². The predicted molar refractivity (Wildman–Crippen MR) is 363 cm³/mol. The zero-order valence-electron chi connectivity index (χ0n) is 58.8. The van der Waals surface area contributed by atoms with Crippen LogP contribution in [0.15, 0.2) is 0 Å². The van der Waals surface area contributed by atoms with Crippen LogP contribution in [0.4, 0.5) is 0 Å². The van der Waals surface area contributed by atoms with Crippen LogP contribution >= 0.6 is 15.6 Å². The molecule has 90 heavy (non-hydrogen) atoms. The third kappa shape index (κ3) is 64.8. The first-order valence-electron chi connectivity index (χ1n) is 36.7. The number of hydrogen-bond donors (Lipinski definition) is 3. The fourth-order valence-electron chi connectivity index (χ4n) is 10.7. The van der Waals surface area contributed by atoms with Crippen molar-refractivity contribution < 1.29 is 80.2 Å². The Hall–Kier alpha value is -1.94. The molecule has 0 aliphatic rings. The van der Waals surface area contributed by atoms with E-state index in [9.17, 15) is 43.2 Å². The number of carbonyl (C=O) groups excluding carboxylic acids is 4. The summed E-state index contributed by atoms with van der Waals surface area (Å²) < 4.78 is 68.3. The summed E-state index contributed by atoms with van der Waals surface area (Å²) in [7, 11) is -9.90. The van der Waals surface area contributed by atoms with E-state index < -0.39 is 97.5 Å². The topological polar surface area (TPSA) is 237 Å². The van der Waals surface area contributed by atoms with E-state index in [0.29, 0.717) is 37.5 Å². The zero-order valence-corrected chi connectivity index (χ0v) is 60.6. The molecule has 0 spiro atoms. The maximum Gasteiger partial charge on any atom is 0.472 e. The maximum atomic E-state index is 13.0. The molecule has 0 bridgehead atoms. The van der Waals surface area contributed by atoms with Gasteiger partial charge in [0.1, 0.15) is 19.3 Å². The first-order chi connectivity index (χ1) is 43.1. The van der Waals surface area contributed by atoms with Crippen LogP contribution in [0.3, 0.4) is 0 Å². The summed E-state index contributed by atoms with van der Waals surface area (Å²) in [6.45, 7) is 14.0. The van der Waals surface area contributed by atoms with Crippen molar-refractivity contribution >= 4 is 39.5 Å². The van der Waals surface area contributed by atoms with Crippen molar-refractivity contribution in [3.63, 3.8) is 0 Å². The Bertz CT molecular complexity index is 1780. The normalized spacial score (nSPS) is 14.3. The SMILES string of the molecule is CC(C)CCCCCCCCCCCCCCCC(=O)O[C@H](COC(=O)CCCCCCCCCCCCCCC(C)C)COP(=O)(O)OCC(O)COP(=O)(O)OC[C@@H](COC(=O)CCCCCCCCCC(C)C)OC(=O)CCCCCCCCC(C)C. The van der Waals surface area contributed by atoms with Crippen LogP contribution in [-0.4, -0.2) is 96.7 Å². The molecular formula is C71H138O17P2. The molecule has 0 heterocycles. The highest BCUT2D eigenvalue weighted by atomic mass is 31.2. The summed E-state index contributed by atoms with van der Waals surface area (Å²) in [4.78, 5) is 72.5. The minimum atomic E-state index is -4.95. The monoisotopic (exact) mass is 1320 g/mol. The lowest BCUT2D eigenvalue weighted by atomic mass is 10.0. The summed E-state index contributed by atoms with van der Waals surface area (Å²) in [6, 6.07) is 0. The second-order valence-electron chi connectivity index (χ2n) is 27.5. The number of rotatable bonds is 68. The van der Waals surface area contributed by atoms with Gasteiger partial charge >= 0.3 is 39.5 Å². The van der Waals surface area contributed by atoms with Crippen LogP contribution in [0.25, 0.3) is 0 Å². The van der Waals surface area contributed by atoms with Gasteiger partial charge in [-0.2, -0.15) is 0 Å². The van der Waals surface area contributed by atoms with Crippen molar-refractivity contribution in [1.82, 2.24) is 0 Å². The Labute approximate surface area is 549 Å². The van der Waals surface area contributed by atoms with Crippen molar-refractivity contribution in [3.05, 3.63) is 0 Å². The van der Waals surface area contributed by atoms with Gasteiger partial charge < -0.3 is 33.8 Å². The van der Waals surface area contributed by atoms with Crippen LogP contribution in [0, 0.1) is 23.7 Å². The summed E-state index contributed by atoms with van der Waals surface area (Å²) in [5.41, 5.74) is 0. The number of carbonyl (C=O) groups is 4. The predicted octanol–water partition coefficient (Wildman–Crippen LogP) is 20.1. The Kier molecular flexibility index (Phi) is 59.4. The van der Waals surface area contributed by atoms with E-state index in [1.165, 1.54) is 148 Å². The molecule has 0 fully saturated rings. The number of esters is 4. The number of phosphoric ester groups is 2. The first kappa shape index (κ1) is 88.1. The smallest absolute Gasteiger partial charge is 0.462 e. The molecular weight excluding hydrogens is 1190 g/mol. The zero-order chi connectivity index (χ0) is 66.8. The molecule has 0 radical (unpaired) electrons. The second-order valence-corrected chi connectivity index (χ2v) is 30.4. The largest absolute Gasteiger partial charge is 0.472 e. The van der Waals surface area contributed by atoms with E-state index in [4.69, 9.17) is 37.0 Å². The number of phosphoric acid groups is 2. The summed E-state index contributed by atoms with van der Waals surface area (Å²) >= 11 is 0. The molecule has 3 unspecified atom stereocenters. The van der Waals surface area contributed by atoms with Gasteiger partial charge in [-0.15, -0.1) is 0 Å². The van der Waals surface area contributed by atoms with Gasteiger partial charge in [-0.3, -0.25) is 37.3 Å². The fraction of sp³-hybridized carbons (Fsp3) is 0.944. The van der Waals surface area contributed by atoms with E-state index in [1.54, 1.807) is 0 Å². The second kappa shape index (κ2) is 60.7. The average Bonchev–Trinajstić information content (AvgIpc) is 3.68. The van der Waals surface area contributed by atoms with Crippen LogP contribution in [0.2, 0.25) is 0 Å². The first-order valence-corrected chi connectivity index (χ1v) is 39.7. The molecule has 5 atom stereocenters. The molecule has 0 aromatic heterocycles. The Morgan fingerprint density at radius 3 is 0.689 bits per heavy atom. The molecule has 534 valence electrons. The van der Waals surface area contributed by atoms with Gasteiger partial charge in [-0.1, -0.05) is 299 Å². The molecule has 19 heteroatoms. The molecule has 0 saturated carbocycles.